The molecule has 0 aromatic heterocycles. The van der Waals surface area contributed by atoms with Gasteiger partial charge in [0.25, 0.3) is 0 Å². The molecule has 0 bridgehead atoms. The minimum absolute atomic E-state index is 0.227. The van der Waals surface area contributed by atoms with Crippen LogP contribution in [0.3, 0.4) is 0 Å². The number of hydrogen-bond donors (Lipinski definition) is 1. The van der Waals surface area contributed by atoms with Crippen LogP contribution in [-0.4, -0.2) is 28.9 Å². The lowest BCUT2D eigenvalue weighted by atomic mass is 10.1. The SMILES string of the molecule is CC(C)(C)OC(=O)[C@@H](N)CC1CC(Cl)=NO1. The van der Waals surface area contributed by atoms with Gasteiger partial charge >= 0.3 is 5.97 Å². The highest BCUT2D eigenvalue weighted by molar-refractivity contribution is 6.65. The van der Waals surface area contributed by atoms with Crippen LogP contribution >= 0.6 is 11.6 Å². The number of ether oxygens (including phenoxy) is 1. The molecule has 1 aliphatic heterocycles. The Hall–Kier alpha value is -0.810. The van der Waals surface area contributed by atoms with E-state index in [0.717, 1.165) is 0 Å². The zero-order valence-electron chi connectivity index (χ0n) is 9.70. The molecule has 1 heterocycles. The Labute approximate surface area is 99.9 Å². The average molecular weight is 249 g/mol. The third kappa shape index (κ3) is 4.37. The summed E-state index contributed by atoms with van der Waals surface area (Å²) in [6, 6.07) is -0.706. The molecular formula is C10H17ClN2O3. The number of carbonyl (C=O) groups excluding carboxylic acids is 1. The Balaban J connectivity index is 2.35. The van der Waals surface area contributed by atoms with Crippen LogP contribution in [0.2, 0.25) is 0 Å². The molecule has 2 atom stereocenters. The fourth-order valence-electron chi connectivity index (χ4n) is 1.28. The fourth-order valence-corrected chi connectivity index (χ4v) is 1.49. The number of nitrogens with zero attached hydrogens (tertiary/aromatic N) is 1. The molecule has 0 radical (unpaired) electrons. The Morgan fingerprint density at radius 2 is 2.38 bits per heavy atom. The summed E-state index contributed by atoms with van der Waals surface area (Å²) in [6.07, 6.45) is 0.627. The van der Waals surface area contributed by atoms with E-state index in [1.54, 1.807) is 20.8 Å². The fraction of sp³-hybridized carbons (Fsp3) is 0.800. The van der Waals surface area contributed by atoms with Crippen molar-refractivity contribution in [3.63, 3.8) is 0 Å². The van der Waals surface area contributed by atoms with Crippen LogP contribution in [0.25, 0.3) is 0 Å². The first kappa shape index (κ1) is 13.3. The number of carbonyl (C=O) groups is 1. The van der Waals surface area contributed by atoms with Crippen molar-refractivity contribution in [1.82, 2.24) is 0 Å². The molecule has 1 aliphatic rings. The van der Waals surface area contributed by atoms with Gasteiger partial charge in [0.15, 0.2) is 0 Å². The normalized spacial score (nSPS) is 22.3. The summed E-state index contributed by atoms with van der Waals surface area (Å²) < 4.78 is 5.15. The van der Waals surface area contributed by atoms with Gasteiger partial charge in [0.2, 0.25) is 0 Å². The lowest BCUT2D eigenvalue weighted by Gasteiger charge is -2.22. The van der Waals surface area contributed by atoms with Crippen LogP contribution in [0.4, 0.5) is 0 Å². The highest BCUT2D eigenvalue weighted by Crippen LogP contribution is 2.18. The second-order valence-electron chi connectivity index (χ2n) is 4.77. The lowest BCUT2D eigenvalue weighted by Crippen LogP contribution is -2.39. The first-order valence-electron chi connectivity index (χ1n) is 5.14. The summed E-state index contributed by atoms with van der Waals surface area (Å²) in [5, 5.41) is 3.98. The van der Waals surface area contributed by atoms with E-state index >= 15 is 0 Å². The van der Waals surface area contributed by atoms with E-state index in [-0.39, 0.29) is 6.10 Å². The number of rotatable bonds is 3. The largest absolute Gasteiger partial charge is 0.459 e. The van der Waals surface area contributed by atoms with Gasteiger partial charge in [-0.3, -0.25) is 4.79 Å². The maximum atomic E-state index is 11.6. The van der Waals surface area contributed by atoms with Crippen LogP contribution in [0.5, 0.6) is 0 Å². The molecule has 1 unspecified atom stereocenters. The molecule has 92 valence electrons. The van der Waals surface area contributed by atoms with Crippen LogP contribution in [-0.2, 0) is 14.4 Å². The molecule has 0 fully saturated rings. The van der Waals surface area contributed by atoms with Crippen molar-refractivity contribution in [2.24, 2.45) is 10.9 Å². The Morgan fingerprint density at radius 1 is 1.75 bits per heavy atom. The minimum Gasteiger partial charge on any atom is -0.459 e. The molecule has 5 nitrogen and oxygen atoms in total. The van der Waals surface area contributed by atoms with Crippen molar-refractivity contribution < 1.29 is 14.4 Å². The molecule has 0 saturated carbocycles. The van der Waals surface area contributed by atoms with Gasteiger partial charge in [0, 0.05) is 12.8 Å². The molecule has 1 rings (SSSR count). The van der Waals surface area contributed by atoms with E-state index in [0.29, 0.717) is 18.0 Å². The number of nitrogens with two attached hydrogens (primary N) is 1. The van der Waals surface area contributed by atoms with Crippen molar-refractivity contribution in [1.29, 1.82) is 0 Å². The van der Waals surface area contributed by atoms with E-state index in [4.69, 9.17) is 26.9 Å². The summed E-state index contributed by atoms with van der Waals surface area (Å²) in [6.45, 7) is 5.39. The quantitative estimate of drug-likeness (QED) is 0.766. The van der Waals surface area contributed by atoms with Crippen LogP contribution < -0.4 is 5.73 Å². The van der Waals surface area contributed by atoms with Gasteiger partial charge < -0.3 is 15.3 Å². The number of oxime groups is 1. The monoisotopic (exact) mass is 248 g/mol. The number of hydrogen-bond acceptors (Lipinski definition) is 5. The number of esters is 1. The van der Waals surface area contributed by atoms with E-state index in [1.165, 1.54) is 0 Å². The van der Waals surface area contributed by atoms with Gasteiger partial charge in [-0.15, -0.1) is 0 Å². The smallest absolute Gasteiger partial charge is 0.323 e. The van der Waals surface area contributed by atoms with Crippen LogP contribution in [0.15, 0.2) is 5.16 Å². The minimum atomic E-state index is -0.706. The van der Waals surface area contributed by atoms with E-state index in [1.807, 2.05) is 0 Å². The van der Waals surface area contributed by atoms with E-state index in [2.05, 4.69) is 5.16 Å². The van der Waals surface area contributed by atoms with E-state index < -0.39 is 17.6 Å². The summed E-state index contributed by atoms with van der Waals surface area (Å²) >= 11 is 5.64. The second kappa shape index (κ2) is 5.01. The van der Waals surface area contributed by atoms with Crippen LogP contribution in [0.1, 0.15) is 33.6 Å². The molecular weight excluding hydrogens is 232 g/mol. The maximum Gasteiger partial charge on any atom is 0.323 e. The third-order valence-corrected chi connectivity index (χ3v) is 2.15. The predicted octanol–water partition coefficient (Wildman–Crippen LogP) is 1.39. The van der Waals surface area contributed by atoms with Gasteiger partial charge in [0.05, 0.1) is 0 Å². The summed E-state index contributed by atoms with van der Waals surface area (Å²) in [7, 11) is 0. The molecule has 16 heavy (non-hydrogen) atoms. The predicted molar refractivity (Wildman–Crippen MR) is 61.2 cm³/mol. The van der Waals surface area contributed by atoms with Crippen molar-refractivity contribution in [2.45, 2.75) is 51.4 Å². The second-order valence-corrected chi connectivity index (χ2v) is 5.21. The molecule has 0 aromatic rings. The first-order valence-corrected chi connectivity index (χ1v) is 5.52. The Bertz CT molecular complexity index is 299. The highest BCUT2D eigenvalue weighted by Gasteiger charge is 2.28. The zero-order valence-corrected chi connectivity index (χ0v) is 10.5. The van der Waals surface area contributed by atoms with Crippen LogP contribution in [0, 0.1) is 0 Å². The van der Waals surface area contributed by atoms with E-state index in [9.17, 15) is 4.79 Å². The first-order chi connectivity index (χ1) is 7.28. The molecule has 6 heteroatoms. The van der Waals surface area contributed by atoms with Gasteiger partial charge in [-0.05, 0) is 20.8 Å². The molecule has 0 aliphatic carbocycles. The summed E-state index contributed by atoms with van der Waals surface area (Å²) in [4.78, 5) is 16.5. The van der Waals surface area contributed by atoms with Crippen molar-refractivity contribution in [3.8, 4) is 0 Å². The zero-order chi connectivity index (χ0) is 12.3. The van der Waals surface area contributed by atoms with Gasteiger partial charge in [-0.25, -0.2) is 0 Å². The lowest BCUT2D eigenvalue weighted by molar-refractivity contribution is -0.157. The average Bonchev–Trinajstić information content (AvgIpc) is 2.48. The maximum absolute atomic E-state index is 11.6. The Kier molecular flexibility index (Phi) is 4.15. The summed E-state index contributed by atoms with van der Waals surface area (Å²) in [5.74, 6) is -0.431. The third-order valence-electron chi connectivity index (χ3n) is 1.92. The van der Waals surface area contributed by atoms with Gasteiger partial charge in [-0.2, -0.15) is 0 Å². The van der Waals surface area contributed by atoms with Gasteiger partial charge in [0.1, 0.15) is 22.9 Å². The van der Waals surface area contributed by atoms with Crippen molar-refractivity contribution in [3.05, 3.63) is 0 Å². The summed E-state index contributed by atoms with van der Waals surface area (Å²) in [5.41, 5.74) is 5.17. The number of halogens is 1. The molecule has 2 N–H and O–H groups in total. The van der Waals surface area contributed by atoms with Gasteiger partial charge in [-0.1, -0.05) is 16.8 Å². The molecule has 0 aromatic carbocycles. The highest BCUT2D eigenvalue weighted by atomic mass is 35.5. The van der Waals surface area contributed by atoms with Crippen molar-refractivity contribution >= 4 is 22.7 Å². The Morgan fingerprint density at radius 3 is 2.81 bits per heavy atom. The molecule has 0 amide bonds. The molecule has 0 saturated heterocycles. The standard InChI is InChI=1S/C10H17ClN2O3/c1-10(2,3)15-9(14)7(12)4-6-5-8(11)13-16-6/h6-7H,4-5,12H2,1-3H3/t6?,7-/m0/s1. The van der Waals surface area contributed by atoms with Crippen molar-refractivity contribution in [2.75, 3.05) is 0 Å². The molecule has 0 spiro atoms. The topological polar surface area (TPSA) is 73.9 Å².